The van der Waals surface area contributed by atoms with Crippen molar-refractivity contribution in [3.8, 4) is 17.2 Å². The molecule has 19 heavy (non-hydrogen) atoms. The van der Waals surface area contributed by atoms with Crippen molar-refractivity contribution >= 4 is 5.97 Å². The van der Waals surface area contributed by atoms with Gasteiger partial charge < -0.3 is 24.6 Å². The van der Waals surface area contributed by atoms with Gasteiger partial charge in [-0.1, -0.05) is 0 Å². The quantitative estimate of drug-likeness (QED) is 0.692. The van der Waals surface area contributed by atoms with Crippen LogP contribution >= 0.6 is 0 Å². The van der Waals surface area contributed by atoms with Crippen LogP contribution in [0.15, 0.2) is 12.1 Å². The largest absolute Gasteiger partial charge is 0.496 e. The van der Waals surface area contributed by atoms with Crippen LogP contribution in [-0.2, 0) is 11.3 Å². The van der Waals surface area contributed by atoms with E-state index in [1.807, 2.05) is 6.07 Å². The van der Waals surface area contributed by atoms with Crippen molar-refractivity contribution in [3.63, 3.8) is 0 Å². The molecule has 6 heteroatoms. The number of nitrogens with one attached hydrogen (secondary N) is 1. The van der Waals surface area contributed by atoms with Gasteiger partial charge in [-0.05, 0) is 6.07 Å². The number of carboxylic acids is 1. The standard InChI is InChI=1S/C13H19NO5/c1-17-10-7-12(19-3)11(18-2)6-9(10)8-14-5-4-13(15)16/h6-7,14H,4-5,8H2,1-3H3,(H,15,16). The van der Waals surface area contributed by atoms with Crippen LogP contribution in [0.5, 0.6) is 17.2 Å². The average molecular weight is 269 g/mol. The molecule has 0 aliphatic rings. The Balaban J connectivity index is 2.77. The summed E-state index contributed by atoms with van der Waals surface area (Å²) in [6.45, 7) is 0.892. The van der Waals surface area contributed by atoms with Crippen LogP contribution in [0.4, 0.5) is 0 Å². The van der Waals surface area contributed by atoms with Gasteiger partial charge in [-0.2, -0.15) is 0 Å². The normalized spacial score (nSPS) is 10.1. The van der Waals surface area contributed by atoms with E-state index in [1.54, 1.807) is 27.4 Å². The minimum Gasteiger partial charge on any atom is -0.496 e. The second kappa shape index (κ2) is 7.48. The molecule has 0 atom stereocenters. The van der Waals surface area contributed by atoms with E-state index in [1.165, 1.54) is 0 Å². The molecule has 0 unspecified atom stereocenters. The van der Waals surface area contributed by atoms with Crippen molar-refractivity contribution in [1.29, 1.82) is 0 Å². The minimum atomic E-state index is -0.827. The Kier molecular flexibility index (Phi) is 5.95. The lowest BCUT2D eigenvalue weighted by Crippen LogP contribution is -2.18. The molecule has 106 valence electrons. The fraction of sp³-hybridized carbons (Fsp3) is 0.462. The molecule has 0 spiro atoms. The highest BCUT2D eigenvalue weighted by Gasteiger charge is 2.11. The number of hydrogen-bond acceptors (Lipinski definition) is 5. The van der Waals surface area contributed by atoms with E-state index in [4.69, 9.17) is 19.3 Å². The molecule has 2 N–H and O–H groups in total. The smallest absolute Gasteiger partial charge is 0.304 e. The Labute approximate surface area is 112 Å². The van der Waals surface area contributed by atoms with Crippen molar-refractivity contribution in [1.82, 2.24) is 5.32 Å². The zero-order valence-electron chi connectivity index (χ0n) is 11.4. The van der Waals surface area contributed by atoms with Crippen molar-refractivity contribution in [2.24, 2.45) is 0 Å². The number of ether oxygens (including phenoxy) is 3. The van der Waals surface area contributed by atoms with Gasteiger partial charge in [-0.15, -0.1) is 0 Å². The fourth-order valence-electron chi connectivity index (χ4n) is 1.65. The second-order valence-electron chi connectivity index (χ2n) is 3.84. The van der Waals surface area contributed by atoms with E-state index in [0.29, 0.717) is 30.3 Å². The maximum atomic E-state index is 10.4. The maximum absolute atomic E-state index is 10.4. The first-order chi connectivity index (χ1) is 9.12. The number of aliphatic carboxylic acids is 1. The van der Waals surface area contributed by atoms with Crippen LogP contribution < -0.4 is 19.5 Å². The highest BCUT2D eigenvalue weighted by atomic mass is 16.5. The SMILES string of the molecule is COc1cc(OC)c(OC)cc1CNCCC(=O)O. The summed E-state index contributed by atoms with van der Waals surface area (Å²) in [4.78, 5) is 10.4. The summed E-state index contributed by atoms with van der Waals surface area (Å²) in [7, 11) is 4.69. The summed E-state index contributed by atoms with van der Waals surface area (Å²) in [5.41, 5.74) is 0.880. The molecule has 1 rings (SSSR count). The summed E-state index contributed by atoms with van der Waals surface area (Å²) in [6, 6.07) is 3.55. The molecule has 0 bridgehead atoms. The van der Waals surface area contributed by atoms with E-state index < -0.39 is 5.97 Å². The number of methoxy groups -OCH3 is 3. The first-order valence-corrected chi connectivity index (χ1v) is 5.83. The molecule has 0 aromatic heterocycles. The van der Waals surface area contributed by atoms with E-state index in [0.717, 1.165) is 5.56 Å². The summed E-state index contributed by atoms with van der Waals surface area (Å²) >= 11 is 0. The van der Waals surface area contributed by atoms with Gasteiger partial charge in [-0.3, -0.25) is 4.79 Å². The summed E-state index contributed by atoms with van der Waals surface area (Å²) in [6.07, 6.45) is 0.0790. The zero-order valence-corrected chi connectivity index (χ0v) is 11.4. The van der Waals surface area contributed by atoms with Crippen LogP contribution in [0.2, 0.25) is 0 Å². The summed E-state index contributed by atoms with van der Waals surface area (Å²) < 4.78 is 15.7. The molecule has 0 heterocycles. The second-order valence-corrected chi connectivity index (χ2v) is 3.84. The predicted molar refractivity (Wildman–Crippen MR) is 70.1 cm³/mol. The summed E-state index contributed by atoms with van der Waals surface area (Å²) in [5, 5.41) is 11.6. The Hall–Kier alpha value is -1.95. The van der Waals surface area contributed by atoms with Gasteiger partial charge in [0.15, 0.2) is 11.5 Å². The van der Waals surface area contributed by atoms with Gasteiger partial charge in [0.2, 0.25) is 0 Å². The van der Waals surface area contributed by atoms with Crippen LogP contribution in [0.25, 0.3) is 0 Å². The molecular formula is C13H19NO5. The number of carboxylic acid groups (broad SMARTS) is 1. The number of hydrogen-bond donors (Lipinski definition) is 2. The monoisotopic (exact) mass is 269 g/mol. The Morgan fingerprint density at radius 2 is 1.68 bits per heavy atom. The lowest BCUT2D eigenvalue weighted by molar-refractivity contribution is -0.136. The van der Waals surface area contributed by atoms with Crippen LogP contribution in [0.3, 0.4) is 0 Å². The molecule has 6 nitrogen and oxygen atoms in total. The highest BCUT2D eigenvalue weighted by Crippen LogP contribution is 2.34. The van der Waals surface area contributed by atoms with E-state index >= 15 is 0 Å². The average Bonchev–Trinajstić information content (AvgIpc) is 2.42. The Bertz CT molecular complexity index is 433. The van der Waals surface area contributed by atoms with Gasteiger partial charge in [0.25, 0.3) is 0 Å². The van der Waals surface area contributed by atoms with Crippen molar-refractivity contribution in [2.45, 2.75) is 13.0 Å². The zero-order chi connectivity index (χ0) is 14.3. The van der Waals surface area contributed by atoms with Gasteiger partial charge in [0.1, 0.15) is 5.75 Å². The molecule has 0 aliphatic heterocycles. The fourth-order valence-corrected chi connectivity index (χ4v) is 1.65. The molecule has 0 saturated carbocycles. The molecular weight excluding hydrogens is 250 g/mol. The van der Waals surface area contributed by atoms with Crippen molar-refractivity contribution in [3.05, 3.63) is 17.7 Å². The lowest BCUT2D eigenvalue weighted by Gasteiger charge is -2.14. The summed E-state index contributed by atoms with van der Waals surface area (Å²) in [5.74, 6) is 1.04. The molecule has 1 aromatic carbocycles. The van der Waals surface area contributed by atoms with Gasteiger partial charge >= 0.3 is 5.97 Å². The molecule has 0 amide bonds. The van der Waals surface area contributed by atoms with Crippen LogP contribution in [-0.4, -0.2) is 38.9 Å². The molecule has 0 fully saturated rings. The molecule has 1 aromatic rings. The van der Waals surface area contributed by atoms with Crippen LogP contribution in [0.1, 0.15) is 12.0 Å². The van der Waals surface area contributed by atoms with E-state index in [-0.39, 0.29) is 6.42 Å². The first-order valence-electron chi connectivity index (χ1n) is 5.83. The van der Waals surface area contributed by atoms with Gasteiger partial charge in [-0.25, -0.2) is 0 Å². The highest BCUT2D eigenvalue weighted by molar-refractivity contribution is 5.66. The first kappa shape index (κ1) is 15.1. The minimum absolute atomic E-state index is 0.0790. The van der Waals surface area contributed by atoms with Crippen LogP contribution in [0, 0.1) is 0 Å². The third-order valence-electron chi connectivity index (χ3n) is 2.62. The van der Waals surface area contributed by atoms with Crippen molar-refractivity contribution < 1.29 is 24.1 Å². The third-order valence-corrected chi connectivity index (χ3v) is 2.62. The molecule has 0 radical (unpaired) electrons. The Morgan fingerprint density at radius 3 is 2.21 bits per heavy atom. The van der Waals surface area contributed by atoms with Crippen molar-refractivity contribution in [2.75, 3.05) is 27.9 Å². The topological polar surface area (TPSA) is 77.0 Å². The van der Waals surface area contributed by atoms with E-state index in [2.05, 4.69) is 5.32 Å². The van der Waals surface area contributed by atoms with E-state index in [9.17, 15) is 4.79 Å². The Morgan fingerprint density at radius 1 is 1.11 bits per heavy atom. The predicted octanol–water partition coefficient (Wildman–Crippen LogP) is 1.28. The molecule has 0 aliphatic carbocycles. The van der Waals surface area contributed by atoms with Gasteiger partial charge in [0.05, 0.1) is 27.8 Å². The number of rotatable bonds is 8. The maximum Gasteiger partial charge on any atom is 0.304 e. The number of benzene rings is 1. The third kappa shape index (κ3) is 4.33. The number of carbonyl (C=O) groups is 1. The lowest BCUT2D eigenvalue weighted by atomic mass is 10.1. The van der Waals surface area contributed by atoms with Gasteiger partial charge in [0, 0.05) is 24.7 Å². The molecule has 0 saturated heterocycles.